The van der Waals surface area contributed by atoms with Gasteiger partial charge < -0.3 is 15.3 Å². The van der Waals surface area contributed by atoms with E-state index < -0.39 is 15.9 Å². The van der Waals surface area contributed by atoms with Gasteiger partial charge >= 0.3 is 0 Å². The molecule has 0 aliphatic carbocycles. The average molecular weight is 250 g/mol. The second-order valence-electron chi connectivity index (χ2n) is 5.20. The maximum Gasteiger partial charge on any atom is 0.152 e. The van der Waals surface area contributed by atoms with Crippen molar-refractivity contribution in [3.05, 3.63) is 0 Å². The van der Waals surface area contributed by atoms with E-state index in [9.17, 15) is 13.5 Å². The van der Waals surface area contributed by atoms with Crippen molar-refractivity contribution in [3.8, 4) is 0 Å². The molecule has 0 saturated carbocycles. The van der Waals surface area contributed by atoms with Crippen LogP contribution in [0.15, 0.2) is 0 Å². The van der Waals surface area contributed by atoms with Gasteiger partial charge in [0, 0.05) is 18.6 Å². The predicted octanol–water partition coefficient (Wildman–Crippen LogP) is -0.924. The fourth-order valence-electron chi connectivity index (χ4n) is 2.00. The van der Waals surface area contributed by atoms with Gasteiger partial charge in [0.25, 0.3) is 0 Å². The Morgan fingerprint density at radius 3 is 2.56 bits per heavy atom. The predicted molar refractivity (Wildman–Crippen MR) is 64.2 cm³/mol. The van der Waals surface area contributed by atoms with Gasteiger partial charge in [-0.1, -0.05) is 0 Å². The number of nitrogens with one attached hydrogen (secondary N) is 1. The number of sulfone groups is 1. The van der Waals surface area contributed by atoms with Crippen molar-refractivity contribution in [2.75, 3.05) is 38.7 Å². The zero-order chi connectivity index (χ0) is 12.4. The Morgan fingerprint density at radius 1 is 1.50 bits per heavy atom. The standard InChI is InChI=1S/C10H22N2O3S/c1-10(4-5-16(14,15)8-10)11-6-9(13)7-12(2)3/h9,11,13H,4-8H2,1-3H3. The summed E-state index contributed by atoms with van der Waals surface area (Å²) in [5.74, 6) is 0.426. The molecule has 2 atom stereocenters. The van der Waals surface area contributed by atoms with E-state index in [0.717, 1.165) is 0 Å². The summed E-state index contributed by atoms with van der Waals surface area (Å²) in [6, 6.07) is 0. The molecule has 0 aromatic rings. The van der Waals surface area contributed by atoms with E-state index in [0.29, 0.717) is 19.5 Å². The van der Waals surface area contributed by atoms with Gasteiger partial charge in [0.15, 0.2) is 9.84 Å². The molecule has 0 amide bonds. The average Bonchev–Trinajstić information content (AvgIpc) is 2.37. The SMILES string of the molecule is CN(C)CC(O)CNC1(C)CCS(=O)(=O)C1. The smallest absolute Gasteiger partial charge is 0.152 e. The first-order valence-electron chi connectivity index (χ1n) is 5.51. The third kappa shape index (κ3) is 4.37. The summed E-state index contributed by atoms with van der Waals surface area (Å²) in [4.78, 5) is 1.90. The molecule has 1 saturated heterocycles. The Kier molecular flexibility index (Phi) is 4.34. The minimum absolute atomic E-state index is 0.175. The highest BCUT2D eigenvalue weighted by Crippen LogP contribution is 2.22. The Bertz CT molecular complexity index is 329. The summed E-state index contributed by atoms with van der Waals surface area (Å²) >= 11 is 0. The van der Waals surface area contributed by atoms with Crippen LogP contribution in [0.3, 0.4) is 0 Å². The number of likely N-dealkylation sites (N-methyl/N-ethyl adjacent to an activating group) is 1. The van der Waals surface area contributed by atoms with Gasteiger partial charge in [0.2, 0.25) is 0 Å². The molecule has 2 N–H and O–H groups in total. The Balaban J connectivity index is 2.38. The fraction of sp³-hybridized carbons (Fsp3) is 1.00. The number of hydrogen-bond acceptors (Lipinski definition) is 5. The number of rotatable bonds is 5. The van der Waals surface area contributed by atoms with Crippen LogP contribution >= 0.6 is 0 Å². The van der Waals surface area contributed by atoms with Crippen molar-refractivity contribution in [1.29, 1.82) is 0 Å². The highest BCUT2D eigenvalue weighted by molar-refractivity contribution is 7.91. The van der Waals surface area contributed by atoms with Crippen LogP contribution in [0.5, 0.6) is 0 Å². The van der Waals surface area contributed by atoms with E-state index in [-0.39, 0.29) is 17.0 Å². The second-order valence-corrected chi connectivity index (χ2v) is 7.38. The summed E-state index contributed by atoms with van der Waals surface area (Å²) < 4.78 is 22.7. The molecule has 1 aliphatic rings. The summed E-state index contributed by atoms with van der Waals surface area (Å²) in [7, 11) is 0.908. The second kappa shape index (κ2) is 5.00. The molecule has 0 bridgehead atoms. The van der Waals surface area contributed by atoms with E-state index in [2.05, 4.69) is 5.32 Å². The summed E-state index contributed by atoms with van der Waals surface area (Å²) in [6.45, 7) is 2.92. The number of hydrogen-bond donors (Lipinski definition) is 2. The molecule has 16 heavy (non-hydrogen) atoms. The zero-order valence-corrected chi connectivity index (χ0v) is 11.0. The van der Waals surface area contributed by atoms with Gasteiger partial charge in [-0.2, -0.15) is 0 Å². The fourth-order valence-corrected chi connectivity index (χ4v) is 4.12. The first kappa shape index (κ1) is 13.9. The third-order valence-corrected chi connectivity index (χ3v) is 4.75. The molecule has 2 unspecified atom stereocenters. The minimum atomic E-state index is -2.88. The molecule has 1 heterocycles. The van der Waals surface area contributed by atoms with E-state index in [1.54, 1.807) is 0 Å². The van der Waals surface area contributed by atoms with Crippen LogP contribution in [0.25, 0.3) is 0 Å². The van der Waals surface area contributed by atoms with E-state index in [1.165, 1.54) is 0 Å². The number of aliphatic hydroxyl groups is 1. The molecule has 0 aromatic heterocycles. The molecule has 1 rings (SSSR count). The van der Waals surface area contributed by atoms with Crippen molar-refractivity contribution >= 4 is 9.84 Å². The molecular formula is C10H22N2O3S. The monoisotopic (exact) mass is 250 g/mol. The Labute approximate surface area is 97.7 Å². The minimum Gasteiger partial charge on any atom is -0.390 e. The summed E-state index contributed by atoms with van der Waals surface area (Å²) in [6.07, 6.45) is 0.166. The number of aliphatic hydroxyl groups excluding tert-OH is 1. The maximum atomic E-state index is 11.4. The van der Waals surface area contributed by atoms with Gasteiger partial charge in [0.1, 0.15) is 0 Å². The molecule has 0 aromatic carbocycles. The van der Waals surface area contributed by atoms with E-state index in [1.807, 2.05) is 25.9 Å². The van der Waals surface area contributed by atoms with E-state index in [4.69, 9.17) is 0 Å². The largest absolute Gasteiger partial charge is 0.390 e. The quantitative estimate of drug-likeness (QED) is 0.660. The molecule has 0 radical (unpaired) electrons. The van der Waals surface area contributed by atoms with Crippen LogP contribution in [0, 0.1) is 0 Å². The Morgan fingerprint density at radius 2 is 2.12 bits per heavy atom. The van der Waals surface area contributed by atoms with Gasteiger partial charge in [0.05, 0.1) is 17.6 Å². The van der Waals surface area contributed by atoms with Crippen LogP contribution in [-0.2, 0) is 9.84 Å². The number of nitrogens with zero attached hydrogens (tertiary/aromatic N) is 1. The van der Waals surface area contributed by atoms with Crippen molar-refractivity contribution in [1.82, 2.24) is 10.2 Å². The Hall–Kier alpha value is -0.170. The third-order valence-electron chi connectivity index (χ3n) is 2.84. The molecule has 0 spiro atoms. The van der Waals surface area contributed by atoms with Crippen LogP contribution in [0.4, 0.5) is 0 Å². The lowest BCUT2D eigenvalue weighted by molar-refractivity contribution is 0.126. The lowest BCUT2D eigenvalue weighted by atomic mass is 10.0. The normalized spacial score (nSPS) is 30.8. The molecule has 6 heteroatoms. The van der Waals surface area contributed by atoms with Gasteiger partial charge in [-0.15, -0.1) is 0 Å². The lowest BCUT2D eigenvalue weighted by Crippen LogP contribution is -2.48. The molecule has 1 fully saturated rings. The summed E-state index contributed by atoms with van der Waals surface area (Å²) in [5, 5.41) is 12.8. The van der Waals surface area contributed by atoms with Crippen LogP contribution in [0.2, 0.25) is 0 Å². The maximum absolute atomic E-state index is 11.4. The topological polar surface area (TPSA) is 69.6 Å². The highest BCUT2D eigenvalue weighted by atomic mass is 32.2. The van der Waals surface area contributed by atoms with Gasteiger partial charge in [-0.05, 0) is 27.4 Å². The molecule has 1 aliphatic heterocycles. The lowest BCUT2D eigenvalue weighted by Gasteiger charge is -2.26. The van der Waals surface area contributed by atoms with Crippen LogP contribution in [-0.4, -0.2) is 68.8 Å². The van der Waals surface area contributed by atoms with Crippen LogP contribution < -0.4 is 5.32 Å². The molecular weight excluding hydrogens is 228 g/mol. The van der Waals surface area contributed by atoms with E-state index >= 15 is 0 Å². The first-order valence-corrected chi connectivity index (χ1v) is 7.33. The van der Waals surface area contributed by atoms with Crippen molar-refractivity contribution in [2.24, 2.45) is 0 Å². The van der Waals surface area contributed by atoms with Crippen molar-refractivity contribution in [3.63, 3.8) is 0 Å². The zero-order valence-electron chi connectivity index (χ0n) is 10.2. The van der Waals surface area contributed by atoms with Gasteiger partial charge in [-0.25, -0.2) is 8.42 Å². The highest BCUT2D eigenvalue weighted by Gasteiger charge is 2.38. The van der Waals surface area contributed by atoms with Crippen LogP contribution in [0.1, 0.15) is 13.3 Å². The summed E-state index contributed by atoms with van der Waals surface area (Å²) in [5.41, 5.74) is -0.369. The van der Waals surface area contributed by atoms with Gasteiger partial charge in [-0.3, -0.25) is 0 Å². The number of β-amino-alcohol motifs (C(OH)–C–C–N with tert-alkyl or cyclic N) is 1. The molecule has 5 nitrogen and oxygen atoms in total. The first-order chi connectivity index (χ1) is 7.22. The molecule has 96 valence electrons. The van der Waals surface area contributed by atoms with Crippen molar-refractivity contribution < 1.29 is 13.5 Å². The van der Waals surface area contributed by atoms with Crippen molar-refractivity contribution in [2.45, 2.75) is 25.0 Å².